The van der Waals surface area contributed by atoms with E-state index in [1.54, 1.807) is 0 Å². The molecule has 0 aliphatic rings. The lowest BCUT2D eigenvalue weighted by Crippen LogP contribution is -2.25. The molecule has 0 heterocycles. The van der Waals surface area contributed by atoms with Crippen LogP contribution in [0, 0.1) is 0 Å². The smallest absolute Gasteiger partial charge is 0.305 e. The summed E-state index contributed by atoms with van der Waals surface area (Å²) in [4.78, 5) is 21.1. The molecule has 0 fully saturated rings. The van der Waals surface area contributed by atoms with Gasteiger partial charge >= 0.3 is 5.97 Å². The van der Waals surface area contributed by atoms with Crippen molar-refractivity contribution in [1.82, 2.24) is 0 Å². The van der Waals surface area contributed by atoms with Crippen molar-refractivity contribution < 1.29 is 23.7 Å². The van der Waals surface area contributed by atoms with Gasteiger partial charge in [-0.3, -0.25) is 4.79 Å². The third kappa shape index (κ3) is 21.1. The van der Waals surface area contributed by atoms with Crippen molar-refractivity contribution in [3.05, 3.63) is 0 Å². The minimum Gasteiger partial charge on any atom is -0.463 e. The molecular weight excluding hydrogens is 415 g/mol. The van der Waals surface area contributed by atoms with Crippen molar-refractivity contribution in [2.24, 2.45) is 0 Å². The van der Waals surface area contributed by atoms with Crippen molar-refractivity contribution >= 4 is 35.7 Å². The number of unbranched alkanes of at least 4 members (excludes halogenated alkanes) is 12. The third-order valence-corrected chi connectivity index (χ3v) is 5.82. The lowest BCUT2D eigenvalue weighted by Gasteiger charge is -2.17. The van der Waals surface area contributed by atoms with Crippen LogP contribution >= 0.6 is 17.9 Å². The van der Waals surface area contributed by atoms with Gasteiger partial charge in [-0.2, -0.15) is 0 Å². The first kappa shape index (κ1) is 28.4. The first-order valence-electron chi connectivity index (χ1n) is 10.8. The van der Waals surface area contributed by atoms with E-state index in [0.29, 0.717) is 6.42 Å². The highest BCUT2D eigenvalue weighted by atomic mass is 32.9. The molecule has 2 atom stereocenters. The zero-order valence-corrected chi connectivity index (χ0v) is 20.4. The van der Waals surface area contributed by atoms with Crippen LogP contribution in [-0.4, -0.2) is 37.3 Å². The number of carbonyl (C=O) groups excluding carboxylic acids is 1. The number of hydrogen-bond acceptors (Lipinski definition) is 5. The average Bonchev–Trinajstić information content (AvgIpc) is 2.64. The SMILES string of the molecule is CCCCCCCCCCCCCCCC(=O)OCC(COP(O)(=S)S)OC. The van der Waals surface area contributed by atoms with Crippen molar-refractivity contribution in [2.45, 2.75) is 103 Å². The van der Waals surface area contributed by atoms with Crippen LogP contribution in [-0.2, 0) is 30.6 Å². The predicted molar refractivity (Wildman–Crippen MR) is 124 cm³/mol. The van der Waals surface area contributed by atoms with E-state index in [1.807, 2.05) is 0 Å². The van der Waals surface area contributed by atoms with Crippen LogP contribution in [0.15, 0.2) is 0 Å². The van der Waals surface area contributed by atoms with E-state index in [9.17, 15) is 9.69 Å². The van der Waals surface area contributed by atoms with Crippen molar-refractivity contribution in [3.8, 4) is 0 Å². The summed E-state index contributed by atoms with van der Waals surface area (Å²) in [5.74, 6) is -0.223. The fourth-order valence-corrected chi connectivity index (χ4v) is 3.65. The van der Waals surface area contributed by atoms with E-state index in [2.05, 4.69) is 31.0 Å². The summed E-state index contributed by atoms with van der Waals surface area (Å²) < 4.78 is 15.4. The van der Waals surface area contributed by atoms with Crippen molar-refractivity contribution in [1.29, 1.82) is 0 Å². The van der Waals surface area contributed by atoms with Gasteiger partial charge in [-0.15, -0.1) is 0 Å². The summed E-state index contributed by atoms with van der Waals surface area (Å²) in [6.45, 7) is 2.41. The summed E-state index contributed by atoms with van der Waals surface area (Å²) in [7, 11) is 1.49. The lowest BCUT2D eigenvalue weighted by atomic mass is 10.0. The molecule has 0 aromatic heterocycles. The molecule has 0 aliphatic heterocycles. The Morgan fingerprint density at radius 3 is 1.82 bits per heavy atom. The molecule has 0 spiro atoms. The van der Waals surface area contributed by atoms with Crippen molar-refractivity contribution in [3.63, 3.8) is 0 Å². The Labute approximate surface area is 182 Å². The molecule has 1 N–H and O–H groups in total. The summed E-state index contributed by atoms with van der Waals surface area (Å²) in [6.07, 6.45) is 16.6. The molecular formula is C20H41O5PS2. The number of esters is 1. The van der Waals surface area contributed by atoms with Crippen LogP contribution in [0.25, 0.3) is 0 Å². The number of thiol groups is 1. The highest BCUT2D eigenvalue weighted by Crippen LogP contribution is 2.47. The van der Waals surface area contributed by atoms with Gasteiger partial charge in [0.05, 0.1) is 6.61 Å². The monoisotopic (exact) mass is 456 g/mol. The second kappa shape index (κ2) is 19.3. The lowest BCUT2D eigenvalue weighted by molar-refractivity contribution is -0.148. The molecule has 0 radical (unpaired) electrons. The quantitative estimate of drug-likeness (QED) is 0.0986. The molecule has 0 aromatic rings. The zero-order chi connectivity index (χ0) is 21.1. The van der Waals surface area contributed by atoms with Gasteiger partial charge in [0.25, 0.3) is 0 Å². The van der Waals surface area contributed by atoms with E-state index in [-0.39, 0.29) is 19.2 Å². The van der Waals surface area contributed by atoms with Crippen LogP contribution in [0.3, 0.4) is 0 Å². The van der Waals surface area contributed by atoms with Crippen LogP contribution in [0.5, 0.6) is 0 Å². The molecule has 0 rings (SSSR count). The summed E-state index contributed by atoms with van der Waals surface area (Å²) in [6, 6.07) is 0. The molecule has 28 heavy (non-hydrogen) atoms. The second-order valence-corrected chi connectivity index (χ2v) is 12.5. The molecule has 8 heteroatoms. The highest BCUT2D eigenvalue weighted by Gasteiger charge is 2.15. The molecule has 0 amide bonds. The molecule has 0 saturated carbocycles. The first-order valence-corrected chi connectivity index (χ1v) is 14.6. The van der Waals surface area contributed by atoms with Gasteiger partial charge in [-0.1, -0.05) is 96.2 Å². The van der Waals surface area contributed by atoms with E-state index >= 15 is 0 Å². The van der Waals surface area contributed by atoms with Gasteiger partial charge in [0.2, 0.25) is 5.69 Å². The van der Waals surface area contributed by atoms with Crippen LogP contribution < -0.4 is 0 Å². The zero-order valence-electron chi connectivity index (χ0n) is 17.8. The first-order chi connectivity index (χ1) is 13.4. The summed E-state index contributed by atoms with van der Waals surface area (Å²) in [5, 5.41) is 0. The van der Waals surface area contributed by atoms with E-state index in [4.69, 9.17) is 14.0 Å². The molecule has 0 saturated heterocycles. The topological polar surface area (TPSA) is 65.0 Å². The molecule has 0 aromatic carbocycles. The molecule has 0 aliphatic carbocycles. The Morgan fingerprint density at radius 1 is 0.929 bits per heavy atom. The number of carbonyl (C=O) groups is 1. The van der Waals surface area contributed by atoms with Crippen LogP contribution in [0.1, 0.15) is 96.8 Å². The Balaban J connectivity index is 3.44. The summed E-state index contributed by atoms with van der Waals surface area (Å²) in [5.41, 5.74) is -3.02. The minimum absolute atomic E-state index is 0.0554. The maximum Gasteiger partial charge on any atom is 0.305 e. The standard InChI is InChI=1S/C20H41O5PS2/c1-3-4-5-6-7-8-9-10-11-12-13-14-15-16-20(21)24-17-19(23-2)18-25-26(22,27)28/h19H,3-18H2,1-2H3,(H2,22,27,28). The molecule has 0 bridgehead atoms. The van der Waals surface area contributed by atoms with Crippen LogP contribution in [0.2, 0.25) is 0 Å². The molecule has 2 unspecified atom stereocenters. The number of methoxy groups -OCH3 is 1. The Morgan fingerprint density at radius 2 is 1.39 bits per heavy atom. The maximum absolute atomic E-state index is 11.8. The minimum atomic E-state index is -3.02. The van der Waals surface area contributed by atoms with Gasteiger partial charge < -0.3 is 18.9 Å². The Hall–Kier alpha value is 0.350. The maximum atomic E-state index is 11.8. The number of rotatable bonds is 20. The Kier molecular flexibility index (Phi) is 19.6. The number of hydrogen-bond donors (Lipinski definition) is 2. The van der Waals surface area contributed by atoms with Gasteiger partial charge in [0.15, 0.2) is 0 Å². The van der Waals surface area contributed by atoms with Gasteiger partial charge in [0, 0.05) is 13.5 Å². The largest absolute Gasteiger partial charge is 0.463 e. The Bertz CT molecular complexity index is 417. The van der Waals surface area contributed by atoms with Gasteiger partial charge in [-0.05, 0) is 18.2 Å². The van der Waals surface area contributed by atoms with Crippen molar-refractivity contribution in [2.75, 3.05) is 20.3 Å². The molecule has 5 nitrogen and oxygen atoms in total. The fourth-order valence-electron chi connectivity index (χ4n) is 2.91. The predicted octanol–water partition coefficient (Wildman–Crippen LogP) is 6.19. The van der Waals surface area contributed by atoms with E-state index < -0.39 is 11.8 Å². The third-order valence-electron chi connectivity index (χ3n) is 4.68. The second-order valence-electron chi connectivity index (χ2n) is 7.32. The van der Waals surface area contributed by atoms with Gasteiger partial charge in [0.1, 0.15) is 12.7 Å². The number of ether oxygens (including phenoxy) is 2. The average molecular weight is 457 g/mol. The highest BCUT2D eigenvalue weighted by molar-refractivity contribution is 8.59. The van der Waals surface area contributed by atoms with E-state index in [0.717, 1.165) is 12.8 Å². The normalized spacial score (nSPS) is 14.6. The molecule has 168 valence electrons. The van der Waals surface area contributed by atoms with Gasteiger partial charge in [-0.25, -0.2) is 0 Å². The summed E-state index contributed by atoms with van der Waals surface area (Å²) >= 11 is 8.46. The van der Waals surface area contributed by atoms with Crippen LogP contribution in [0.4, 0.5) is 0 Å². The fraction of sp³-hybridized carbons (Fsp3) is 0.950. The van der Waals surface area contributed by atoms with E-state index in [1.165, 1.54) is 77.7 Å².